The standard InChI is InChI=1S/C9H13NO4S/c1-6-4-7(13-2)5-8(14-3)9(6)15(10,11)12/h4-5H,1-3H3,(H2,10,11,12). The Hall–Kier alpha value is -1.27. The Morgan fingerprint density at radius 3 is 2.20 bits per heavy atom. The molecular formula is C9H13NO4S. The first-order valence-corrected chi connectivity index (χ1v) is 5.70. The molecule has 1 rings (SSSR count). The van der Waals surface area contributed by atoms with E-state index in [2.05, 4.69) is 0 Å². The van der Waals surface area contributed by atoms with Crippen LogP contribution < -0.4 is 14.6 Å². The van der Waals surface area contributed by atoms with Gasteiger partial charge in [0.2, 0.25) is 10.0 Å². The quantitative estimate of drug-likeness (QED) is 0.828. The zero-order valence-electron chi connectivity index (χ0n) is 8.77. The fourth-order valence-electron chi connectivity index (χ4n) is 1.34. The van der Waals surface area contributed by atoms with Gasteiger partial charge < -0.3 is 9.47 Å². The van der Waals surface area contributed by atoms with Crippen molar-refractivity contribution < 1.29 is 17.9 Å². The van der Waals surface area contributed by atoms with Crippen molar-refractivity contribution in [3.05, 3.63) is 17.7 Å². The van der Waals surface area contributed by atoms with Crippen molar-refractivity contribution in [2.45, 2.75) is 11.8 Å². The molecule has 0 aliphatic rings. The number of methoxy groups -OCH3 is 2. The molecule has 0 heterocycles. The van der Waals surface area contributed by atoms with E-state index in [1.165, 1.54) is 20.3 Å². The van der Waals surface area contributed by atoms with Gasteiger partial charge in [-0.25, -0.2) is 13.6 Å². The van der Waals surface area contributed by atoms with Gasteiger partial charge in [0.05, 0.1) is 14.2 Å². The van der Waals surface area contributed by atoms with Gasteiger partial charge in [-0.15, -0.1) is 0 Å². The van der Waals surface area contributed by atoms with Crippen molar-refractivity contribution in [1.29, 1.82) is 0 Å². The summed E-state index contributed by atoms with van der Waals surface area (Å²) < 4.78 is 32.5. The van der Waals surface area contributed by atoms with Crippen LogP contribution in [0, 0.1) is 6.92 Å². The lowest BCUT2D eigenvalue weighted by Gasteiger charge is -2.11. The van der Waals surface area contributed by atoms with E-state index in [1.807, 2.05) is 0 Å². The number of hydrogen-bond acceptors (Lipinski definition) is 4. The molecule has 0 atom stereocenters. The lowest BCUT2D eigenvalue weighted by Crippen LogP contribution is -2.15. The van der Waals surface area contributed by atoms with E-state index < -0.39 is 10.0 Å². The second-order valence-electron chi connectivity index (χ2n) is 3.02. The maximum atomic E-state index is 11.3. The maximum Gasteiger partial charge on any atom is 0.242 e. The average molecular weight is 231 g/mol. The van der Waals surface area contributed by atoms with Gasteiger partial charge in [-0.2, -0.15) is 0 Å². The smallest absolute Gasteiger partial charge is 0.242 e. The highest BCUT2D eigenvalue weighted by molar-refractivity contribution is 7.89. The van der Waals surface area contributed by atoms with Gasteiger partial charge in [0.1, 0.15) is 16.4 Å². The summed E-state index contributed by atoms with van der Waals surface area (Å²) in [5.41, 5.74) is 0.494. The van der Waals surface area contributed by atoms with E-state index in [4.69, 9.17) is 14.6 Å². The molecule has 0 saturated heterocycles. The minimum Gasteiger partial charge on any atom is -0.497 e. The molecule has 6 heteroatoms. The van der Waals surface area contributed by atoms with Crippen LogP contribution in [0.1, 0.15) is 5.56 Å². The summed E-state index contributed by atoms with van der Waals surface area (Å²) in [7, 11) is -0.913. The highest BCUT2D eigenvalue weighted by Gasteiger charge is 2.19. The van der Waals surface area contributed by atoms with Crippen molar-refractivity contribution in [2.24, 2.45) is 5.14 Å². The number of ether oxygens (including phenoxy) is 2. The van der Waals surface area contributed by atoms with Crippen LogP contribution in [0.15, 0.2) is 17.0 Å². The van der Waals surface area contributed by atoms with Crippen molar-refractivity contribution in [3.63, 3.8) is 0 Å². The summed E-state index contributed by atoms with van der Waals surface area (Å²) in [6.45, 7) is 1.63. The summed E-state index contributed by atoms with van der Waals surface area (Å²) >= 11 is 0. The molecule has 15 heavy (non-hydrogen) atoms. The van der Waals surface area contributed by atoms with E-state index >= 15 is 0 Å². The Morgan fingerprint density at radius 2 is 1.80 bits per heavy atom. The number of nitrogens with two attached hydrogens (primary N) is 1. The van der Waals surface area contributed by atoms with E-state index in [9.17, 15) is 8.42 Å². The highest BCUT2D eigenvalue weighted by Crippen LogP contribution is 2.30. The van der Waals surface area contributed by atoms with Crippen molar-refractivity contribution in [2.75, 3.05) is 14.2 Å². The van der Waals surface area contributed by atoms with Crippen LogP contribution in [0.5, 0.6) is 11.5 Å². The first-order valence-electron chi connectivity index (χ1n) is 4.15. The second kappa shape index (κ2) is 4.08. The zero-order chi connectivity index (χ0) is 11.6. The Bertz CT molecular complexity index is 467. The van der Waals surface area contributed by atoms with Crippen LogP contribution in [0.4, 0.5) is 0 Å². The van der Waals surface area contributed by atoms with Gasteiger partial charge >= 0.3 is 0 Å². The van der Waals surface area contributed by atoms with E-state index in [0.717, 1.165) is 0 Å². The summed E-state index contributed by atoms with van der Waals surface area (Å²) in [6, 6.07) is 3.06. The largest absolute Gasteiger partial charge is 0.497 e. The third-order valence-electron chi connectivity index (χ3n) is 1.95. The summed E-state index contributed by atoms with van der Waals surface area (Å²) in [4.78, 5) is -0.00852. The Morgan fingerprint density at radius 1 is 1.20 bits per heavy atom. The van der Waals surface area contributed by atoms with Crippen LogP contribution in [0.2, 0.25) is 0 Å². The molecular weight excluding hydrogens is 218 g/mol. The minimum atomic E-state index is -3.78. The van der Waals surface area contributed by atoms with Crippen molar-refractivity contribution in [3.8, 4) is 11.5 Å². The maximum absolute atomic E-state index is 11.3. The molecule has 0 unspecified atom stereocenters. The lowest BCUT2D eigenvalue weighted by atomic mass is 10.2. The summed E-state index contributed by atoms with van der Waals surface area (Å²) in [5.74, 6) is 0.714. The molecule has 2 N–H and O–H groups in total. The molecule has 0 radical (unpaired) electrons. The minimum absolute atomic E-state index is 0.00852. The fourth-order valence-corrected chi connectivity index (χ4v) is 2.27. The molecule has 84 valence electrons. The predicted molar refractivity (Wildman–Crippen MR) is 55.7 cm³/mol. The SMILES string of the molecule is COc1cc(C)c(S(N)(=O)=O)c(OC)c1. The number of hydrogen-bond donors (Lipinski definition) is 1. The van der Waals surface area contributed by atoms with Crippen molar-refractivity contribution in [1.82, 2.24) is 0 Å². The van der Waals surface area contributed by atoms with Crippen molar-refractivity contribution >= 4 is 10.0 Å². The van der Waals surface area contributed by atoms with Crippen LogP contribution in [-0.4, -0.2) is 22.6 Å². The second-order valence-corrected chi connectivity index (χ2v) is 4.52. The molecule has 0 aliphatic carbocycles. The van der Waals surface area contributed by atoms with E-state index in [-0.39, 0.29) is 10.6 Å². The van der Waals surface area contributed by atoms with Crippen LogP contribution >= 0.6 is 0 Å². The predicted octanol–water partition coefficient (Wildman–Crippen LogP) is 0.660. The Labute approximate surface area is 88.9 Å². The number of rotatable bonds is 3. The van der Waals surface area contributed by atoms with Gasteiger partial charge in [0.15, 0.2) is 0 Å². The molecule has 0 aromatic heterocycles. The molecule has 1 aromatic carbocycles. The molecule has 0 saturated carbocycles. The van der Waals surface area contributed by atoms with Crippen LogP contribution in [0.3, 0.4) is 0 Å². The Kier molecular flexibility index (Phi) is 3.21. The number of sulfonamides is 1. The molecule has 0 aliphatic heterocycles. The van der Waals surface area contributed by atoms with Gasteiger partial charge in [0.25, 0.3) is 0 Å². The topological polar surface area (TPSA) is 78.6 Å². The van der Waals surface area contributed by atoms with Gasteiger partial charge in [-0.05, 0) is 18.6 Å². The molecule has 0 fully saturated rings. The normalized spacial score (nSPS) is 11.2. The highest BCUT2D eigenvalue weighted by atomic mass is 32.2. The number of aryl methyl sites for hydroxylation is 1. The van der Waals surface area contributed by atoms with E-state index in [1.54, 1.807) is 13.0 Å². The molecule has 0 spiro atoms. The molecule has 0 amide bonds. The van der Waals surface area contributed by atoms with Gasteiger partial charge in [-0.3, -0.25) is 0 Å². The third kappa shape index (κ3) is 2.40. The molecule has 1 aromatic rings. The number of primary sulfonamides is 1. The monoisotopic (exact) mass is 231 g/mol. The lowest BCUT2D eigenvalue weighted by molar-refractivity contribution is 0.385. The summed E-state index contributed by atoms with van der Waals surface area (Å²) in [5, 5.41) is 5.08. The zero-order valence-corrected chi connectivity index (χ0v) is 9.59. The molecule has 0 bridgehead atoms. The average Bonchev–Trinajstić information content (AvgIpc) is 2.14. The van der Waals surface area contributed by atoms with Gasteiger partial charge in [-0.1, -0.05) is 0 Å². The first-order chi connectivity index (χ1) is 6.90. The first kappa shape index (κ1) is 11.8. The third-order valence-corrected chi connectivity index (χ3v) is 3.05. The Balaban J connectivity index is 3.52. The van der Waals surface area contributed by atoms with Gasteiger partial charge in [0, 0.05) is 6.07 Å². The molecule has 5 nitrogen and oxygen atoms in total. The number of benzene rings is 1. The van der Waals surface area contributed by atoms with Crippen LogP contribution in [0.25, 0.3) is 0 Å². The van der Waals surface area contributed by atoms with Crippen LogP contribution in [-0.2, 0) is 10.0 Å². The van der Waals surface area contributed by atoms with E-state index in [0.29, 0.717) is 11.3 Å². The fraction of sp³-hybridized carbons (Fsp3) is 0.333. The summed E-state index contributed by atoms with van der Waals surface area (Å²) in [6.07, 6.45) is 0.